The normalized spacial score (nSPS) is 18.7. The highest BCUT2D eigenvalue weighted by Crippen LogP contribution is 2.36. The van der Waals surface area contributed by atoms with Gasteiger partial charge in [-0.1, -0.05) is 24.3 Å². The van der Waals surface area contributed by atoms with Crippen molar-refractivity contribution in [1.29, 1.82) is 0 Å². The first-order chi connectivity index (χ1) is 15.0. The molecule has 0 bridgehead atoms. The van der Waals surface area contributed by atoms with Crippen LogP contribution in [-0.2, 0) is 20.9 Å². The van der Waals surface area contributed by atoms with Crippen LogP contribution in [-0.4, -0.2) is 48.1 Å². The Morgan fingerprint density at radius 1 is 1.13 bits per heavy atom. The van der Waals surface area contributed by atoms with E-state index in [1.807, 2.05) is 48.5 Å². The minimum Gasteiger partial charge on any atom is -0.497 e. The molecule has 2 aliphatic heterocycles. The van der Waals surface area contributed by atoms with Crippen molar-refractivity contribution in [3.63, 3.8) is 0 Å². The maximum Gasteiger partial charge on any atom is 0.247 e. The molecular weight excluding hydrogens is 414 g/mol. The number of carbonyl (C=O) groups excluding carboxylic acids is 3. The van der Waals surface area contributed by atoms with Crippen molar-refractivity contribution in [3.8, 4) is 5.75 Å². The SMILES string of the molecule is COc1ccc(CNC(=O)C2CCN(C(=O)[C@H]3Sc4ccccc4NC3=O)CC2)cc1. The Morgan fingerprint density at radius 2 is 1.84 bits per heavy atom. The number of para-hydroxylation sites is 1. The number of hydrogen-bond acceptors (Lipinski definition) is 5. The number of amides is 3. The smallest absolute Gasteiger partial charge is 0.247 e. The third-order valence-corrected chi connectivity index (χ3v) is 6.92. The maximum atomic E-state index is 12.9. The molecule has 2 heterocycles. The molecule has 0 saturated carbocycles. The predicted octanol–water partition coefficient (Wildman–Crippen LogP) is 2.66. The van der Waals surface area contributed by atoms with Gasteiger partial charge in [0.2, 0.25) is 17.7 Å². The van der Waals surface area contributed by atoms with E-state index in [2.05, 4.69) is 10.6 Å². The van der Waals surface area contributed by atoms with Crippen LogP contribution >= 0.6 is 11.8 Å². The van der Waals surface area contributed by atoms with Gasteiger partial charge in [0, 0.05) is 30.4 Å². The Labute approximate surface area is 185 Å². The summed E-state index contributed by atoms with van der Waals surface area (Å²) in [6.07, 6.45) is 1.19. The van der Waals surface area contributed by atoms with Crippen LogP contribution in [0.3, 0.4) is 0 Å². The molecular formula is C23H25N3O4S. The van der Waals surface area contributed by atoms with E-state index >= 15 is 0 Å². The van der Waals surface area contributed by atoms with Crippen molar-refractivity contribution in [1.82, 2.24) is 10.2 Å². The highest BCUT2D eigenvalue weighted by molar-refractivity contribution is 8.01. The molecule has 1 atom stereocenters. The summed E-state index contributed by atoms with van der Waals surface area (Å²) >= 11 is 1.29. The van der Waals surface area contributed by atoms with Gasteiger partial charge >= 0.3 is 0 Å². The summed E-state index contributed by atoms with van der Waals surface area (Å²) in [5.74, 6) is 0.181. The molecule has 2 aromatic rings. The molecule has 1 saturated heterocycles. The molecule has 2 aliphatic rings. The molecule has 0 aliphatic carbocycles. The van der Waals surface area contributed by atoms with Crippen molar-refractivity contribution in [3.05, 3.63) is 54.1 Å². The Balaban J connectivity index is 1.27. The van der Waals surface area contributed by atoms with Crippen molar-refractivity contribution < 1.29 is 19.1 Å². The van der Waals surface area contributed by atoms with Gasteiger partial charge in [-0.25, -0.2) is 0 Å². The molecule has 2 N–H and O–H groups in total. The fourth-order valence-corrected chi connectivity index (χ4v) is 4.89. The van der Waals surface area contributed by atoms with Crippen molar-refractivity contribution >= 4 is 35.2 Å². The van der Waals surface area contributed by atoms with Crippen LogP contribution in [0.2, 0.25) is 0 Å². The van der Waals surface area contributed by atoms with Crippen LogP contribution < -0.4 is 15.4 Å². The van der Waals surface area contributed by atoms with Crippen LogP contribution in [0.15, 0.2) is 53.4 Å². The van der Waals surface area contributed by atoms with E-state index in [4.69, 9.17) is 4.74 Å². The summed E-state index contributed by atoms with van der Waals surface area (Å²) in [4.78, 5) is 40.5. The summed E-state index contributed by atoms with van der Waals surface area (Å²) in [6, 6.07) is 15.0. The largest absolute Gasteiger partial charge is 0.497 e. The molecule has 4 rings (SSSR count). The van der Waals surface area contributed by atoms with Gasteiger partial charge in [-0.05, 0) is 42.7 Å². The van der Waals surface area contributed by atoms with Crippen LogP contribution in [0.25, 0.3) is 0 Å². The number of fused-ring (bicyclic) bond motifs is 1. The molecule has 7 nitrogen and oxygen atoms in total. The predicted molar refractivity (Wildman–Crippen MR) is 119 cm³/mol. The van der Waals surface area contributed by atoms with E-state index in [1.54, 1.807) is 12.0 Å². The fraction of sp³-hybridized carbons (Fsp3) is 0.348. The number of carbonyl (C=O) groups is 3. The third-order valence-electron chi connectivity index (χ3n) is 5.66. The van der Waals surface area contributed by atoms with Crippen molar-refractivity contribution in [2.45, 2.75) is 29.5 Å². The van der Waals surface area contributed by atoms with Gasteiger partial charge in [-0.3, -0.25) is 14.4 Å². The van der Waals surface area contributed by atoms with Crippen molar-refractivity contribution in [2.24, 2.45) is 5.92 Å². The lowest BCUT2D eigenvalue weighted by Gasteiger charge is -2.34. The number of nitrogens with one attached hydrogen (secondary N) is 2. The number of nitrogens with zero attached hydrogens (tertiary/aromatic N) is 1. The molecule has 31 heavy (non-hydrogen) atoms. The molecule has 1 fully saturated rings. The van der Waals surface area contributed by atoms with Crippen LogP contribution in [0.1, 0.15) is 18.4 Å². The number of hydrogen-bond donors (Lipinski definition) is 2. The number of anilines is 1. The zero-order chi connectivity index (χ0) is 21.8. The Bertz CT molecular complexity index is 971. The molecule has 3 amide bonds. The monoisotopic (exact) mass is 439 g/mol. The van der Waals surface area contributed by atoms with Gasteiger partial charge in [-0.15, -0.1) is 11.8 Å². The fourth-order valence-electron chi connectivity index (χ4n) is 3.82. The first-order valence-electron chi connectivity index (χ1n) is 10.3. The molecule has 0 spiro atoms. The summed E-state index contributed by atoms with van der Waals surface area (Å²) in [5.41, 5.74) is 1.75. The zero-order valence-electron chi connectivity index (χ0n) is 17.3. The zero-order valence-corrected chi connectivity index (χ0v) is 18.1. The number of methoxy groups -OCH3 is 1. The lowest BCUT2D eigenvalue weighted by atomic mass is 9.95. The van der Waals surface area contributed by atoms with Crippen LogP contribution in [0.4, 0.5) is 5.69 Å². The summed E-state index contributed by atoms with van der Waals surface area (Å²) in [6.45, 7) is 1.41. The highest BCUT2D eigenvalue weighted by atomic mass is 32.2. The molecule has 0 unspecified atom stereocenters. The first-order valence-corrected chi connectivity index (χ1v) is 11.2. The number of thioether (sulfide) groups is 1. The van der Waals surface area contributed by atoms with Gasteiger partial charge in [-0.2, -0.15) is 0 Å². The van der Waals surface area contributed by atoms with E-state index in [0.29, 0.717) is 32.5 Å². The standard InChI is InChI=1S/C23H25N3O4S/c1-30-17-8-6-15(7-9-17)14-24-21(27)16-10-12-26(13-11-16)23(29)20-22(28)25-18-4-2-3-5-19(18)31-20/h2-9,16,20H,10-14H2,1H3,(H,24,27)(H,25,28)/t20-/m0/s1. The third kappa shape index (κ3) is 4.85. The average Bonchev–Trinajstić information content (AvgIpc) is 2.82. The number of ether oxygens (including phenoxy) is 1. The lowest BCUT2D eigenvalue weighted by molar-refractivity contribution is -0.137. The van der Waals surface area contributed by atoms with Gasteiger partial charge in [0.25, 0.3) is 0 Å². The minimum absolute atomic E-state index is 0.00151. The molecule has 2 aromatic carbocycles. The van der Waals surface area contributed by atoms with E-state index in [-0.39, 0.29) is 23.6 Å². The minimum atomic E-state index is -0.782. The van der Waals surface area contributed by atoms with E-state index in [0.717, 1.165) is 21.9 Å². The number of rotatable bonds is 5. The topological polar surface area (TPSA) is 87.7 Å². The Morgan fingerprint density at radius 3 is 2.55 bits per heavy atom. The van der Waals surface area contributed by atoms with Gasteiger partial charge < -0.3 is 20.3 Å². The van der Waals surface area contributed by atoms with E-state index in [1.165, 1.54) is 11.8 Å². The molecule has 0 radical (unpaired) electrons. The van der Waals surface area contributed by atoms with Gasteiger partial charge in [0.15, 0.2) is 5.25 Å². The molecule has 8 heteroatoms. The Hall–Kier alpha value is -3.00. The van der Waals surface area contributed by atoms with Crippen LogP contribution in [0, 0.1) is 5.92 Å². The second kappa shape index (κ2) is 9.43. The van der Waals surface area contributed by atoms with E-state index < -0.39 is 5.25 Å². The molecule has 162 valence electrons. The summed E-state index contributed by atoms with van der Waals surface area (Å²) in [5, 5.41) is 5.02. The van der Waals surface area contributed by atoms with E-state index in [9.17, 15) is 14.4 Å². The molecule has 0 aromatic heterocycles. The number of likely N-dealkylation sites (tertiary alicyclic amines) is 1. The average molecular weight is 440 g/mol. The number of piperidine rings is 1. The number of benzene rings is 2. The second-order valence-corrected chi connectivity index (χ2v) is 8.80. The summed E-state index contributed by atoms with van der Waals surface area (Å²) < 4.78 is 5.14. The maximum absolute atomic E-state index is 12.9. The highest BCUT2D eigenvalue weighted by Gasteiger charge is 2.37. The lowest BCUT2D eigenvalue weighted by Crippen LogP contribution is -2.49. The Kier molecular flexibility index (Phi) is 6.46. The van der Waals surface area contributed by atoms with Crippen molar-refractivity contribution in [2.75, 3.05) is 25.5 Å². The summed E-state index contributed by atoms with van der Waals surface area (Å²) in [7, 11) is 1.62. The first kappa shape index (κ1) is 21.2. The van der Waals surface area contributed by atoms with Gasteiger partial charge in [0.1, 0.15) is 5.75 Å². The van der Waals surface area contributed by atoms with Crippen LogP contribution in [0.5, 0.6) is 5.75 Å². The van der Waals surface area contributed by atoms with Gasteiger partial charge in [0.05, 0.1) is 12.8 Å². The quantitative estimate of drug-likeness (QED) is 0.700. The second-order valence-electron chi connectivity index (χ2n) is 7.65.